The molecule has 1 aliphatic rings. The third-order valence-corrected chi connectivity index (χ3v) is 6.78. The Morgan fingerprint density at radius 1 is 1.54 bits per heavy atom. The normalized spacial score (nSPS) is 16.8. The van der Waals surface area contributed by atoms with E-state index in [9.17, 15) is 4.79 Å². The van der Waals surface area contributed by atoms with E-state index < -0.39 is 5.54 Å². The van der Waals surface area contributed by atoms with Gasteiger partial charge in [0.05, 0.1) is 16.7 Å². The Bertz CT molecular complexity index is 850. The second-order valence-electron chi connectivity index (χ2n) is 7.19. The molecule has 0 saturated carbocycles. The van der Waals surface area contributed by atoms with Crippen LogP contribution in [0, 0.1) is 17.2 Å². The molecule has 0 fully saturated rings. The van der Waals surface area contributed by atoms with Crippen LogP contribution in [0.5, 0.6) is 0 Å². The number of rotatable bonds is 5. The highest BCUT2D eigenvalue weighted by Gasteiger charge is 2.27. The summed E-state index contributed by atoms with van der Waals surface area (Å²) in [6.07, 6.45) is 3.45. The zero-order valence-corrected chi connectivity index (χ0v) is 17.0. The molecule has 1 atom stereocenters. The molecule has 26 heavy (non-hydrogen) atoms. The van der Waals surface area contributed by atoms with Crippen molar-refractivity contribution in [2.45, 2.75) is 50.8 Å². The highest BCUT2D eigenvalue weighted by atomic mass is 32.2. The van der Waals surface area contributed by atoms with E-state index in [0.29, 0.717) is 11.1 Å². The van der Waals surface area contributed by atoms with Crippen LogP contribution in [0.25, 0.3) is 10.8 Å². The number of aryl methyl sites for hydroxylation is 1. The number of fused-ring (bicyclic) bond motifs is 1. The number of carbonyl (C=O) groups is 1. The third kappa shape index (κ3) is 3.94. The quantitative estimate of drug-likeness (QED) is 0.723. The SMILES string of the molecule is C[C@@H]1CCc2sc(-c3nnc(SCC(=O)N(C)C(C)(C)C#N)o3)cc2C1. The molecule has 0 radical (unpaired) electrons. The van der Waals surface area contributed by atoms with Crippen molar-refractivity contribution in [3.63, 3.8) is 0 Å². The van der Waals surface area contributed by atoms with Crippen LogP contribution in [0.1, 0.15) is 37.6 Å². The van der Waals surface area contributed by atoms with E-state index in [0.717, 1.165) is 23.6 Å². The first kappa shape index (κ1) is 18.9. The predicted octanol–water partition coefficient (Wildman–Crippen LogP) is 3.78. The van der Waals surface area contributed by atoms with Gasteiger partial charge in [-0.25, -0.2) is 0 Å². The lowest BCUT2D eigenvalue weighted by Crippen LogP contribution is -2.44. The fraction of sp³-hybridized carbons (Fsp3) is 0.556. The number of aromatic nitrogens is 2. The number of hydrogen-bond acceptors (Lipinski definition) is 7. The largest absolute Gasteiger partial charge is 0.410 e. The van der Waals surface area contributed by atoms with E-state index in [4.69, 9.17) is 9.68 Å². The fourth-order valence-electron chi connectivity index (χ4n) is 2.79. The van der Waals surface area contributed by atoms with Crippen molar-refractivity contribution in [1.29, 1.82) is 5.26 Å². The molecule has 0 unspecified atom stereocenters. The first-order valence-electron chi connectivity index (χ1n) is 8.56. The Kier molecular flexibility index (Phi) is 5.39. The van der Waals surface area contributed by atoms with Gasteiger partial charge in [0, 0.05) is 11.9 Å². The molecule has 1 aliphatic carbocycles. The van der Waals surface area contributed by atoms with Crippen molar-refractivity contribution in [2.24, 2.45) is 5.92 Å². The van der Waals surface area contributed by atoms with Gasteiger partial charge in [0.25, 0.3) is 11.1 Å². The molecular formula is C18H22N4O2S2. The maximum atomic E-state index is 12.2. The Balaban J connectivity index is 1.64. The van der Waals surface area contributed by atoms with Gasteiger partial charge < -0.3 is 9.32 Å². The molecule has 0 N–H and O–H groups in total. The number of thiophene rings is 1. The third-order valence-electron chi connectivity index (χ3n) is 4.75. The van der Waals surface area contributed by atoms with Gasteiger partial charge >= 0.3 is 0 Å². The molecule has 2 aromatic rings. The molecule has 0 aliphatic heterocycles. The van der Waals surface area contributed by atoms with Crippen LogP contribution in [0.15, 0.2) is 15.7 Å². The minimum absolute atomic E-state index is 0.151. The molecular weight excluding hydrogens is 368 g/mol. The van der Waals surface area contributed by atoms with E-state index in [1.165, 1.54) is 33.5 Å². The summed E-state index contributed by atoms with van der Waals surface area (Å²) in [4.78, 5) is 16.1. The van der Waals surface area contributed by atoms with Crippen molar-refractivity contribution in [1.82, 2.24) is 15.1 Å². The highest BCUT2D eigenvalue weighted by Crippen LogP contribution is 2.37. The van der Waals surface area contributed by atoms with Crippen LogP contribution in [0.4, 0.5) is 0 Å². The summed E-state index contributed by atoms with van der Waals surface area (Å²) in [5.74, 6) is 1.24. The molecule has 0 saturated heterocycles. The zero-order chi connectivity index (χ0) is 18.9. The summed E-state index contributed by atoms with van der Waals surface area (Å²) >= 11 is 2.92. The monoisotopic (exact) mass is 390 g/mol. The van der Waals surface area contributed by atoms with Gasteiger partial charge in [-0.1, -0.05) is 18.7 Å². The van der Waals surface area contributed by atoms with Crippen LogP contribution in [-0.2, 0) is 17.6 Å². The van der Waals surface area contributed by atoms with E-state index in [1.54, 1.807) is 32.2 Å². The van der Waals surface area contributed by atoms with Gasteiger partial charge in [-0.05, 0) is 50.7 Å². The summed E-state index contributed by atoms with van der Waals surface area (Å²) in [5.41, 5.74) is 0.553. The lowest BCUT2D eigenvalue weighted by Gasteiger charge is -2.28. The molecule has 0 spiro atoms. The van der Waals surface area contributed by atoms with Crippen molar-refractivity contribution in [3.8, 4) is 16.8 Å². The Morgan fingerprint density at radius 2 is 2.31 bits per heavy atom. The summed E-state index contributed by atoms with van der Waals surface area (Å²) in [6, 6.07) is 4.28. The van der Waals surface area contributed by atoms with Crippen molar-refractivity contribution < 1.29 is 9.21 Å². The first-order valence-corrected chi connectivity index (χ1v) is 10.4. The van der Waals surface area contributed by atoms with Crippen LogP contribution < -0.4 is 0 Å². The van der Waals surface area contributed by atoms with Gasteiger partial charge in [-0.3, -0.25) is 4.79 Å². The molecule has 138 valence electrons. The van der Waals surface area contributed by atoms with Crippen molar-refractivity contribution in [3.05, 3.63) is 16.5 Å². The molecule has 2 heterocycles. The number of carbonyl (C=O) groups excluding carboxylic acids is 1. The summed E-state index contributed by atoms with van der Waals surface area (Å²) in [7, 11) is 1.63. The van der Waals surface area contributed by atoms with E-state index in [1.807, 2.05) is 0 Å². The molecule has 3 rings (SSSR count). The van der Waals surface area contributed by atoms with E-state index in [2.05, 4.69) is 29.3 Å². The fourth-order valence-corrected chi connectivity index (χ4v) is 4.59. The van der Waals surface area contributed by atoms with Crippen LogP contribution in [-0.4, -0.2) is 39.3 Å². The van der Waals surface area contributed by atoms with Crippen LogP contribution in [0.2, 0.25) is 0 Å². The summed E-state index contributed by atoms with van der Waals surface area (Å²) in [5, 5.41) is 17.7. The molecule has 1 amide bonds. The minimum Gasteiger partial charge on any atom is -0.410 e. The predicted molar refractivity (Wildman–Crippen MR) is 102 cm³/mol. The summed E-state index contributed by atoms with van der Waals surface area (Å²) < 4.78 is 5.73. The molecule has 2 aromatic heterocycles. The Labute approximate surface area is 161 Å². The topological polar surface area (TPSA) is 83.0 Å². The molecule has 8 heteroatoms. The lowest BCUT2D eigenvalue weighted by molar-refractivity contribution is -0.130. The Morgan fingerprint density at radius 3 is 3.04 bits per heavy atom. The highest BCUT2D eigenvalue weighted by molar-refractivity contribution is 7.99. The van der Waals surface area contributed by atoms with Gasteiger partial charge in [-0.15, -0.1) is 21.5 Å². The zero-order valence-electron chi connectivity index (χ0n) is 15.4. The second-order valence-corrected chi connectivity index (χ2v) is 9.26. The van der Waals surface area contributed by atoms with Crippen LogP contribution >= 0.6 is 23.1 Å². The maximum absolute atomic E-state index is 12.2. The smallest absolute Gasteiger partial charge is 0.277 e. The standard InChI is InChI=1S/C18H22N4O2S2/c1-11-5-6-13-12(7-11)8-14(26-13)16-20-21-17(24-16)25-9-15(23)22(4)18(2,3)10-19/h8,11H,5-7,9H2,1-4H3/t11-/m1/s1. The maximum Gasteiger partial charge on any atom is 0.277 e. The van der Waals surface area contributed by atoms with E-state index in [-0.39, 0.29) is 11.7 Å². The van der Waals surface area contributed by atoms with Crippen molar-refractivity contribution >= 4 is 29.0 Å². The average Bonchev–Trinajstić information content (AvgIpc) is 3.24. The first-order chi connectivity index (χ1) is 12.3. The van der Waals surface area contributed by atoms with Gasteiger partial charge in [0.2, 0.25) is 5.91 Å². The number of amides is 1. The van der Waals surface area contributed by atoms with E-state index >= 15 is 0 Å². The van der Waals surface area contributed by atoms with Crippen molar-refractivity contribution in [2.75, 3.05) is 12.8 Å². The average molecular weight is 391 g/mol. The van der Waals surface area contributed by atoms with Gasteiger partial charge in [0.15, 0.2) is 0 Å². The van der Waals surface area contributed by atoms with Crippen LogP contribution in [0.3, 0.4) is 0 Å². The molecule has 6 nitrogen and oxygen atoms in total. The molecule has 0 aromatic carbocycles. The summed E-state index contributed by atoms with van der Waals surface area (Å²) in [6.45, 7) is 5.70. The second kappa shape index (κ2) is 7.41. The minimum atomic E-state index is -0.842. The number of nitriles is 1. The Hall–Kier alpha value is -1.85. The lowest BCUT2D eigenvalue weighted by atomic mass is 9.90. The number of thioether (sulfide) groups is 1. The van der Waals surface area contributed by atoms with Gasteiger partial charge in [0.1, 0.15) is 5.54 Å². The number of hydrogen-bond donors (Lipinski definition) is 0. The number of nitrogens with zero attached hydrogens (tertiary/aromatic N) is 4. The van der Waals surface area contributed by atoms with Gasteiger partial charge in [-0.2, -0.15) is 5.26 Å². The molecule has 0 bridgehead atoms.